The van der Waals surface area contributed by atoms with Crippen molar-refractivity contribution in [2.75, 3.05) is 19.6 Å². The second-order valence-electron chi connectivity index (χ2n) is 4.31. The number of hydrogen-bond acceptors (Lipinski definition) is 4. The summed E-state index contributed by atoms with van der Waals surface area (Å²) in [5.41, 5.74) is 0. The number of thiophene rings is 2. The summed E-state index contributed by atoms with van der Waals surface area (Å²) < 4.78 is 2.45. The van der Waals surface area contributed by atoms with Gasteiger partial charge in [-0.1, -0.05) is 0 Å². The molecule has 1 aliphatic heterocycles. The second kappa shape index (κ2) is 4.40. The quantitative estimate of drug-likeness (QED) is 0.859. The minimum atomic E-state index is 0.187. The molecule has 0 saturated carbocycles. The smallest absolute Gasteiger partial charge is 0.264 e. The maximum atomic E-state index is 12.4. The fraction of sp³-hybridized carbons (Fsp3) is 0.417. The van der Waals surface area contributed by atoms with E-state index in [-0.39, 0.29) is 11.9 Å². The summed E-state index contributed by atoms with van der Waals surface area (Å²) in [4.78, 5) is 15.2. The predicted molar refractivity (Wildman–Crippen MR) is 73.1 cm³/mol. The van der Waals surface area contributed by atoms with E-state index in [1.54, 1.807) is 22.7 Å². The summed E-state index contributed by atoms with van der Waals surface area (Å²) in [7, 11) is 0. The largest absolute Gasteiger partial charge is 0.333 e. The molecular weight excluding hydrogens is 252 g/mol. The first-order valence-electron chi connectivity index (χ1n) is 5.74. The summed E-state index contributed by atoms with van der Waals surface area (Å²) in [5, 5.41) is 5.38. The van der Waals surface area contributed by atoms with Crippen molar-refractivity contribution in [3.8, 4) is 0 Å². The van der Waals surface area contributed by atoms with Crippen LogP contribution in [0.1, 0.15) is 16.6 Å². The van der Waals surface area contributed by atoms with Crippen molar-refractivity contribution in [3.63, 3.8) is 0 Å². The number of piperazine rings is 1. The standard InChI is InChI=1S/C12H14N2OS2/c1-8-7-13-3-4-14(8)12(15)11-6-10-9(17-11)2-5-16-10/h2,5-6,8,13H,3-4,7H2,1H3. The van der Waals surface area contributed by atoms with Gasteiger partial charge in [0, 0.05) is 35.1 Å². The predicted octanol–water partition coefficient (Wildman–Crippen LogP) is 2.40. The molecule has 17 heavy (non-hydrogen) atoms. The molecule has 3 nitrogen and oxygen atoms in total. The van der Waals surface area contributed by atoms with Crippen molar-refractivity contribution in [1.29, 1.82) is 0 Å². The topological polar surface area (TPSA) is 32.3 Å². The Bertz CT molecular complexity index is 517. The van der Waals surface area contributed by atoms with Crippen LogP contribution in [0.3, 0.4) is 0 Å². The number of nitrogens with zero attached hydrogens (tertiary/aromatic N) is 1. The maximum Gasteiger partial charge on any atom is 0.264 e. The van der Waals surface area contributed by atoms with Gasteiger partial charge in [0.1, 0.15) is 0 Å². The molecule has 1 N–H and O–H groups in total. The molecule has 0 spiro atoms. The zero-order valence-electron chi connectivity index (χ0n) is 9.60. The number of rotatable bonds is 1. The number of carbonyl (C=O) groups excluding carboxylic acids is 1. The molecule has 90 valence electrons. The minimum Gasteiger partial charge on any atom is -0.333 e. The van der Waals surface area contributed by atoms with Crippen molar-refractivity contribution in [3.05, 3.63) is 22.4 Å². The van der Waals surface area contributed by atoms with E-state index in [4.69, 9.17) is 0 Å². The average molecular weight is 266 g/mol. The second-order valence-corrected chi connectivity index (χ2v) is 6.34. The number of carbonyl (C=O) groups is 1. The summed E-state index contributed by atoms with van der Waals surface area (Å²) in [6.07, 6.45) is 0. The first-order chi connectivity index (χ1) is 8.25. The monoisotopic (exact) mass is 266 g/mol. The van der Waals surface area contributed by atoms with Gasteiger partial charge in [-0.3, -0.25) is 4.79 Å². The van der Waals surface area contributed by atoms with Gasteiger partial charge in [0.25, 0.3) is 5.91 Å². The SMILES string of the molecule is CC1CNCCN1C(=O)c1cc2sccc2s1. The highest BCUT2D eigenvalue weighted by molar-refractivity contribution is 7.27. The van der Waals surface area contributed by atoms with E-state index in [0.717, 1.165) is 24.5 Å². The molecule has 2 aromatic heterocycles. The first-order valence-corrected chi connectivity index (χ1v) is 7.44. The van der Waals surface area contributed by atoms with Crippen LogP contribution in [0.4, 0.5) is 0 Å². The Kier molecular flexibility index (Phi) is 2.90. The number of nitrogens with one attached hydrogen (secondary N) is 1. The maximum absolute atomic E-state index is 12.4. The van der Waals surface area contributed by atoms with E-state index in [1.165, 1.54) is 9.40 Å². The van der Waals surface area contributed by atoms with E-state index in [9.17, 15) is 4.79 Å². The van der Waals surface area contributed by atoms with Crippen LogP contribution in [0, 0.1) is 0 Å². The van der Waals surface area contributed by atoms with Crippen LogP contribution in [-0.2, 0) is 0 Å². The molecule has 1 aliphatic rings. The number of hydrogen-bond donors (Lipinski definition) is 1. The molecule has 0 aliphatic carbocycles. The summed E-state index contributed by atoms with van der Waals surface area (Å²) >= 11 is 3.31. The van der Waals surface area contributed by atoms with Crippen molar-refractivity contribution < 1.29 is 4.79 Å². The Labute approximate surface area is 108 Å². The molecule has 0 aromatic carbocycles. The van der Waals surface area contributed by atoms with Gasteiger partial charge in [0.2, 0.25) is 0 Å². The molecule has 3 rings (SSSR count). The van der Waals surface area contributed by atoms with Crippen LogP contribution < -0.4 is 5.32 Å². The fourth-order valence-corrected chi connectivity index (χ4v) is 4.22. The van der Waals surface area contributed by atoms with Gasteiger partial charge < -0.3 is 10.2 Å². The third kappa shape index (κ3) is 1.99. The first kappa shape index (κ1) is 11.2. The Morgan fingerprint density at radius 1 is 1.53 bits per heavy atom. The van der Waals surface area contributed by atoms with Crippen molar-refractivity contribution >= 4 is 38.0 Å². The van der Waals surface area contributed by atoms with Crippen LogP contribution in [0.25, 0.3) is 9.40 Å². The van der Waals surface area contributed by atoms with Crippen molar-refractivity contribution in [2.24, 2.45) is 0 Å². The lowest BCUT2D eigenvalue weighted by Crippen LogP contribution is -2.52. The van der Waals surface area contributed by atoms with E-state index < -0.39 is 0 Å². The molecular formula is C12H14N2OS2. The Morgan fingerprint density at radius 3 is 3.18 bits per heavy atom. The van der Waals surface area contributed by atoms with Gasteiger partial charge >= 0.3 is 0 Å². The normalized spacial score (nSPS) is 21.0. The zero-order valence-corrected chi connectivity index (χ0v) is 11.2. The number of fused-ring (bicyclic) bond motifs is 1. The lowest BCUT2D eigenvalue weighted by molar-refractivity contribution is 0.0661. The minimum absolute atomic E-state index is 0.187. The highest BCUT2D eigenvalue weighted by Crippen LogP contribution is 2.31. The highest BCUT2D eigenvalue weighted by atomic mass is 32.1. The molecule has 1 unspecified atom stereocenters. The third-order valence-corrected chi connectivity index (χ3v) is 5.19. The lowest BCUT2D eigenvalue weighted by atomic mass is 10.2. The lowest BCUT2D eigenvalue weighted by Gasteiger charge is -2.33. The Morgan fingerprint density at radius 2 is 2.41 bits per heavy atom. The van der Waals surface area contributed by atoms with E-state index >= 15 is 0 Å². The fourth-order valence-electron chi connectivity index (χ4n) is 2.16. The van der Waals surface area contributed by atoms with Crippen LogP contribution in [-0.4, -0.2) is 36.5 Å². The molecule has 5 heteroatoms. The van der Waals surface area contributed by atoms with Gasteiger partial charge in [0.15, 0.2) is 0 Å². The summed E-state index contributed by atoms with van der Waals surface area (Å²) in [5.74, 6) is 0.187. The van der Waals surface area contributed by atoms with E-state index in [0.29, 0.717) is 0 Å². The average Bonchev–Trinajstić information content (AvgIpc) is 2.88. The molecule has 0 radical (unpaired) electrons. The molecule has 2 aromatic rings. The Hall–Kier alpha value is -0.910. The van der Waals surface area contributed by atoms with Gasteiger partial charge in [-0.15, -0.1) is 22.7 Å². The van der Waals surface area contributed by atoms with Crippen LogP contribution >= 0.6 is 22.7 Å². The molecule has 0 bridgehead atoms. The van der Waals surface area contributed by atoms with E-state index in [2.05, 4.69) is 23.7 Å². The summed E-state index contributed by atoms with van der Waals surface area (Å²) in [6, 6.07) is 4.40. The molecule has 3 heterocycles. The highest BCUT2D eigenvalue weighted by Gasteiger charge is 2.25. The van der Waals surface area contributed by atoms with E-state index in [1.807, 2.05) is 11.0 Å². The number of amides is 1. The zero-order chi connectivity index (χ0) is 11.8. The molecule has 1 amide bonds. The Balaban J connectivity index is 1.88. The third-order valence-electron chi connectivity index (χ3n) is 3.11. The van der Waals surface area contributed by atoms with Crippen molar-refractivity contribution in [2.45, 2.75) is 13.0 Å². The molecule has 1 fully saturated rings. The molecule has 1 atom stereocenters. The van der Waals surface area contributed by atoms with Crippen LogP contribution in [0.2, 0.25) is 0 Å². The van der Waals surface area contributed by atoms with Gasteiger partial charge in [0.05, 0.1) is 4.88 Å². The summed E-state index contributed by atoms with van der Waals surface area (Å²) in [6.45, 7) is 4.70. The van der Waals surface area contributed by atoms with Gasteiger partial charge in [-0.2, -0.15) is 0 Å². The van der Waals surface area contributed by atoms with Gasteiger partial charge in [-0.05, 0) is 24.4 Å². The molecule has 1 saturated heterocycles. The van der Waals surface area contributed by atoms with Crippen LogP contribution in [0.5, 0.6) is 0 Å². The van der Waals surface area contributed by atoms with Gasteiger partial charge in [-0.25, -0.2) is 0 Å². The van der Waals surface area contributed by atoms with Crippen LogP contribution in [0.15, 0.2) is 17.5 Å². The van der Waals surface area contributed by atoms with Crippen molar-refractivity contribution in [1.82, 2.24) is 10.2 Å².